The second-order valence-electron chi connectivity index (χ2n) is 6.05. The van der Waals surface area contributed by atoms with E-state index in [0.717, 1.165) is 5.56 Å². The molecule has 2 aromatic rings. The topological polar surface area (TPSA) is 67.5 Å². The Morgan fingerprint density at radius 3 is 2.41 bits per heavy atom. The van der Waals surface area contributed by atoms with Gasteiger partial charge in [-0.05, 0) is 22.6 Å². The zero-order valence-electron chi connectivity index (χ0n) is 12.9. The van der Waals surface area contributed by atoms with Crippen LogP contribution in [-0.2, 0) is 5.41 Å². The van der Waals surface area contributed by atoms with E-state index in [-0.39, 0.29) is 11.1 Å². The molecule has 0 aromatic heterocycles. The number of nitrogens with one attached hydrogen (secondary N) is 1. The third-order valence-corrected chi connectivity index (χ3v) is 3.24. The lowest BCUT2D eigenvalue weighted by molar-refractivity contribution is -0.384. The van der Waals surface area contributed by atoms with Crippen LogP contribution < -0.4 is 5.43 Å². The van der Waals surface area contributed by atoms with Gasteiger partial charge in [-0.1, -0.05) is 51.1 Å². The van der Waals surface area contributed by atoms with Gasteiger partial charge in [0.1, 0.15) is 0 Å². The van der Waals surface area contributed by atoms with E-state index >= 15 is 0 Å². The fourth-order valence-electron chi connectivity index (χ4n) is 1.94. The minimum Gasteiger partial charge on any atom is -0.278 e. The summed E-state index contributed by atoms with van der Waals surface area (Å²) in [5.41, 5.74) is 5.76. The maximum atomic E-state index is 10.7. The summed E-state index contributed by atoms with van der Waals surface area (Å²) in [5.74, 6) is 0. The van der Waals surface area contributed by atoms with Crippen molar-refractivity contribution in [3.05, 3.63) is 69.8 Å². The SMILES string of the molecule is CC(C)(C)c1ccc(/C=N/Nc2cccc([N+](=O)[O-])c2)cc1. The average molecular weight is 297 g/mol. The Morgan fingerprint density at radius 1 is 1.14 bits per heavy atom. The van der Waals surface area contributed by atoms with Gasteiger partial charge < -0.3 is 0 Å². The van der Waals surface area contributed by atoms with Crippen molar-refractivity contribution in [2.75, 3.05) is 5.43 Å². The number of nitrogens with zero attached hydrogens (tertiary/aromatic N) is 2. The fourth-order valence-corrected chi connectivity index (χ4v) is 1.94. The Labute approximate surface area is 129 Å². The van der Waals surface area contributed by atoms with Crippen LogP contribution in [0.3, 0.4) is 0 Å². The van der Waals surface area contributed by atoms with Gasteiger partial charge in [0.05, 0.1) is 16.8 Å². The van der Waals surface area contributed by atoms with Crippen molar-refractivity contribution in [2.45, 2.75) is 26.2 Å². The zero-order chi connectivity index (χ0) is 16.2. The molecule has 0 saturated heterocycles. The average Bonchev–Trinajstić information content (AvgIpc) is 2.47. The van der Waals surface area contributed by atoms with Crippen molar-refractivity contribution >= 4 is 17.6 Å². The molecule has 2 rings (SSSR count). The van der Waals surface area contributed by atoms with Gasteiger partial charge in [0.25, 0.3) is 5.69 Å². The second kappa shape index (κ2) is 6.39. The Balaban J connectivity index is 2.03. The lowest BCUT2D eigenvalue weighted by atomic mass is 9.87. The Kier molecular flexibility index (Phi) is 4.56. The Bertz CT molecular complexity index is 686. The first-order valence-electron chi connectivity index (χ1n) is 7.00. The molecule has 5 nitrogen and oxygen atoms in total. The number of benzene rings is 2. The number of rotatable bonds is 4. The van der Waals surface area contributed by atoms with E-state index in [0.29, 0.717) is 5.69 Å². The van der Waals surface area contributed by atoms with E-state index < -0.39 is 4.92 Å². The van der Waals surface area contributed by atoms with Gasteiger partial charge in [0.2, 0.25) is 0 Å². The van der Waals surface area contributed by atoms with Crippen molar-refractivity contribution in [1.29, 1.82) is 0 Å². The second-order valence-corrected chi connectivity index (χ2v) is 6.05. The molecule has 114 valence electrons. The standard InChI is InChI=1S/C17H19N3O2/c1-17(2,3)14-9-7-13(8-10-14)12-18-19-15-5-4-6-16(11-15)20(21)22/h4-12,19H,1-3H3/b18-12+. The van der Waals surface area contributed by atoms with Crippen LogP contribution in [0.25, 0.3) is 0 Å². The molecule has 1 N–H and O–H groups in total. The number of hydrogen-bond donors (Lipinski definition) is 1. The van der Waals surface area contributed by atoms with Crippen LogP contribution in [0.2, 0.25) is 0 Å². The predicted molar refractivity (Wildman–Crippen MR) is 89.5 cm³/mol. The lowest BCUT2D eigenvalue weighted by Gasteiger charge is -2.18. The van der Waals surface area contributed by atoms with Gasteiger partial charge in [-0.15, -0.1) is 0 Å². The Morgan fingerprint density at radius 2 is 1.82 bits per heavy atom. The van der Waals surface area contributed by atoms with E-state index in [1.54, 1.807) is 18.3 Å². The minimum absolute atomic E-state index is 0.0368. The third-order valence-electron chi connectivity index (χ3n) is 3.24. The first kappa shape index (κ1) is 15.7. The quantitative estimate of drug-likeness (QED) is 0.518. The molecule has 0 aliphatic heterocycles. The van der Waals surface area contributed by atoms with Gasteiger partial charge in [0, 0.05) is 12.1 Å². The molecule has 0 atom stereocenters. The van der Waals surface area contributed by atoms with Crippen LogP contribution >= 0.6 is 0 Å². The van der Waals surface area contributed by atoms with E-state index in [1.807, 2.05) is 12.1 Å². The van der Waals surface area contributed by atoms with E-state index in [4.69, 9.17) is 0 Å². The van der Waals surface area contributed by atoms with Crippen LogP contribution in [0.1, 0.15) is 31.9 Å². The maximum absolute atomic E-state index is 10.7. The van der Waals surface area contributed by atoms with E-state index in [2.05, 4.69) is 43.4 Å². The van der Waals surface area contributed by atoms with E-state index in [1.165, 1.54) is 17.7 Å². The fraction of sp³-hybridized carbons (Fsp3) is 0.235. The number of non-ortho nitro benzene ring substituents is 1. The van der Waals surface area contributed by atoms with Crippen LogP contribution in [0, 0.1) is 10.1 Å². The highest BCUT2D eigenvalue weighted by Gasteiger charge is 2.12. The van der Waals surface area contributed by atoms with Gasteiger partial charge in [-0.2, -0.15) is 5.10 Å². The van der Waals surface area contributed by atoms with E-state index in [9.17, 15) is 10.1 Å². The molecule has 0 fully saturated rings. The largest absolute Gasteiger partial charge is 0.278 e. The van der Waals surface area contributed by atoms with Crippen molar-refractivity contribution in [1.82, 2.24) is 0 Å². The number of hydrazone groups is 1. The molecular formula is C17H19N3O2. The number of nitro groups is 1. The Hall–Kier alpha value is -2.69. The molecule has 0 aliphatic rings. The summed E-state index contributed by atoms with van der Waals surface area (Å²) in [5, 5.41) is 14.8. The molecule has 22 heavy (non-hydrogen) atoms. The smallest absolute Gasteiger partial charge is 0.271 e. The number of anilines is 1. The van der Waals surface area contributed by atoms with Crippen LogP contribution in [0.15, 0.2) is 53.6 Å². The summed E-state index contributed by atoms with van der Waals surface area (Å²) >= 11 is 0. The molecule has 0 aliphatic carbocycles. The first-order valence-corrected chi connectivity index (χ1v) is 7.00. The monoisotopic (exact) mass is 297 g/mol. The van der Waals surface area contributed by atoms with Crippen LogP contribution in [0.5, 0.6) is 0 Å². The first-order chi connectivity index (χ1) is 10.4. The summed E-state index contributed by atoms with van der Waals surface area (Å²) in [6, 6.07) is 14.4. The van der Waals surface area contributed by atoms with Crippen molar-refractivity contribution in [3.63, 3.8) is 0 Å². The summed E-state index contributed by atoms with van der Waals surface area (Å²) < 4.78 is 0. The van der Waals surface area contributed by atoms with Crippen molar-refractivity contribution in [3.8, 4) is 0 Å². The molecule has 0 unspecified atom stereocenters. The molecule has 0 radical (unpaired) electrons. The molecular weight excluding hydrogens is 278 g/mol. The minimum atomic E-state index is -0.430. The molecule has 0 saturated carbocycles. The number of nitro benzene ring substituents is 1. The zero-order valence-corrected chi connectivity index (χ0v) is 12.9. The predicted octanol–water partition coefficient (Wildman–Crippen LogP) is 4.34. The normalized spacial score (nSPS) is 11.6. The molecule has 2 aromatic carbocycles. The summed E-state index contributed by atoms with van der Waals surface area (Å²) in [6.07, 6.45) is 1.69. The molecule has 5 heteroatoms. The molecule has 0 amide bonds. The summed E-state index contributed by atoms with van der Waals surface area (Å²) in [7, 11) is 0. The highest BCUT2D eigenvalue weighted by Crippen LogP contribution is 2.22. The van der Waals surface area contributed by atoms with Crippen LogP contribution in [-0.4, -0.2) is 11.1 Å². The molecule has 0 spiro atoms. The van der Waals surface area contributed by atoms with Crippen molar-refractivity contribution < 1.29 is 4.92 Å². The van der Waals surface area contributed by atoms with Crippen molar-refractivity contribution in [2.24, 2.45) is 5.10 Å². The van der Waals surface area contributed by atoms with Gasteiger partial charge >= 0.3 is 0 Å². The maximum Gasteiger partial charge on any atom is 0.271 e. The van der Waals surface area contributed by atoms with Gasteiger partial charge in [-0.3, -0.25) is 15.5 Å². The van der Waals surface area contributed by atoms with Crippen LogP contribution in [0.4, 0.5) is 11.4 Å². The van der Waals surface area contributed by atoms with Gasteiger partial charge in [0.15, 0.2) is 0 Å². The molecule has 0 bridgehead atoms. The third kappa shape index (κ3) is 4.15. The molecule has 0 heterocycles. The highest BCUT2D eigenvalue weighted by atomic mass is 16.6. The lowest BCUT2D eigenvalue weighted by Crippen LogP contribution is -2.10. The summed E-state index contributed by atoms with van der Waals surface area (Å²) in [4.78, 5) is 10.3. The number of hydrogen-bond acceptors (Lipinski definition) is 4. The highest BCUT2D eigenvalue weighted by molar-refractivity contribution is 5.80. The summed E-state index contributed by atoms with van der Waals surface area (Å²) in [6.45, 7) is 6.50. The van der Waals surface area contributed by atoms with Gasteiger partial charge in [-0.25, -0.2) is 0 Å².